The molecule has 35 heavy (non-hydrogen) atoms. The summed E-state index contributed by atoms with van der Waals surface area (Å²) in [5.74, 6) is 0.815. The van der Waals surface area contributed by atoms with Crippen molar-refractivity contribution in [2.75, 3.05) is 25.0 Å². The lowest BCUT2D eigenvalue weighted by Crippen LogP contribution is -2.35. The Morgan fingerprint density at radius 3 is 2.63 bits per heavy atom. The van der Waals surface area contributed by atoms with E-state index in [-0.39, 0.29) is 18.6 Å². The van der Waals surface area contributed by atoms with E-state index in [9.17, 15) is 9.90 Å². The van der Waals surface area contributed by atoms with E-state index < -0.39 is 0 Å². The highest BCUT2D eigenvalue weighted by atomic mass is 16.3. The van der Waals surface area contributed by atoms with Crippen LogP contribution in [0.2, 0.25) is 0 Å². The number of fused-ring (bicyclic) bond motifs is 1. The van der Waals surface area contributed by atoms with Crippen LogP contribution >= 0.6 is 0 Å². The monoisotopic (exact) mass is 469 g/mol. The van der Waals surface area contributed by atoms with Crippen molar-refractivity contribution >= 4 is 22.6 Å². The van der Waals surface area contributed by atoms with E-state index in [4.69, 9.17) is 0 Å². The maximum atomic E-state index is 13.3. The fourth-order valence-electron chi connectivity index (χ4n) is 4.78. The summed E-state index contributed by atoms with van der Waals surface area (Å²) >= 11 is 0. The standard InChI is InChI=1S/C28H31N5O2/c1-20(21-8-4-2-5-9-21)31-27-24-16-23(10-11-26(24)29-19-30-27)33-17-22(12-15-34)25(18-33)28(35)32-13-6-3-7-14-32/h2,4-5,8-11,16-20,34H,3,6-7,12-15H2,1H3,(H,29,30,31). The van der Waals surface area contributed by atoms with Crippen LogP contribution in [0.5, 0.6) is 0 Å². The van der Waals surface area contributed by atoms with Gasteiger partial charge in [-0.05, 0) is 61.9 Å². The summed E-state index contributed by atoms with van der Waals surface area (Å²) in [4.78, 5) is 24.2. The summed E-state index contributed by atoms with van der Waals surface area (Å²) < 4.78 is 1.97. The molecule has 1 aliphatic rings. The molecule has 1 unspecified atom stereocenters. The summed E-state index contributed by atoms with van der Waals surface area (Å²) in [6.45, 7) is 3.70. The molecule has 180 valence electrons. The zero-order chi connectivity index (χ0) is 24.2. The van der Waals surface area contributed by atoms with Crippen molar-refractivity contribution in [3.05, 3.63) is 83.9 Å². The maximum Gasteiger partial charge on any atom is 0.255 e. The van der Waals surface area contributed by atoms with Gasteiger partial charge in [0, 0.05) is 49.2 Å². The molecule has 5 rings (SSSR count). The van der Waals surface area contributed by atoms with Gasteiger partial charge in [0.1, 0.15) is 12.1 Å². The Labute approximate surface area is 205 Å². The number of aliphatic hydroxyl groups excluding tert-OH is 1. The molecule has 0 bridgehead atoms. The number of carbonyl (C=O) groups excluding carboxylic acids is 1. The minimum atomic E-state index is 0.00129. The fraction of sp³-hybridized carbons (Fsp3) is 0.321. The number of piperidine rings is 1. The van der Waals surface area contributed by atoms with E-state index >= 15 is 0 Å². The van der Waals surface area contributed by atoms with Gasteiger partial charge in [0.05, 0.1) is 11.1 Å². The highest BCUT2D eigenvalue weighted by Crippen LogP contribution is 2.27. The van der Waals surface area contributed by atoms with Crippen molar-refractivity contribution in [1.82, 2.24) is 19.4 Å². The van der Waals surface area contributed by atoms with Crippen LogP contribution in [0.25, 0.3) is 16.6 Å². The second-order valence-electron chi connectivity index (χ2n) is 9.13. The second-order valence-corrected chi connectivity index (χ2v) is 9.13. The van der Waals surface area contributed by atoms with Crippen molar-refractivity contribution in [2.45, 2.75) is 38.6 Å². The van der Waals surface area contributed by atoms with Crippen LogP contribution in [0.1, 0.15) is 53.7 Å². The number of benzene rings is 2. The Morgan fingerprint density at radius 2 is 1.86 bits per heavy atom. The molecule has 1 fully saturated rings. The van der Waals surface area contributed by atoms with Crippen molar-refractivity contribution < 1.29 is 9.90 Å². The highest BCUT2D eigenvalue weighted by molar-refractivity contribution is 5.96. The van der Waals surface area contributed by atoms with Crippen molar-refractivity contribution in [2.24, 2.45) is 0 Å². The molecule has 1 amide bonds. The number of amides is 1. The quantitative estimate of drug-likeness (QED) is 0.408. The summed E-state index contributed by atoms with van der Waals surface area (Å²) in [6, 6.07) is 16.4. The Hall–Kier alpha value is -3.71. The van der Waals surface area contributed by atoms with E-state index in [1.54, 1.807) is 6.33 Å². The smallest absolute Gasteiger partial charge is 0.255 e. The second kappa shape index (κ2) is 10.3. The largest absolute Gasteiger partial charge is 0.396 e. The number of rotatable bonds is 7. The minimum absolute atomic E-state index is 0.00129. The van der Waals surface area contributed by atoms with Crippen molar-refractivity contribution in [1.29, 1.82) is 0 Å². The van der Waals surface area contributed by atoms with E-state index in [1.165, 1.54) is 12.0 Å². The number of aliphatic hydroxyl groups is 1. The van der Waals surface area contributed by atoms with Crippen LogP contribution in [-0.2, 0) is 6.42 Å². The number of likely N-dealkylation sites (tertiary alicyclic amines) is 1. The summed E-state index contributed by atoms with van der Waals surface area (Å²) in [6.07, 6.45) is 9.14. The van der Waals surface area contributed by atoms with Gasteiger partial charge in [-0.1, -0.05) is 30.3 Å². The normalized spacial score (nSPS) is 14.7. The van der Waals surface area contributed by atoms with E-state index in [1.807, 2.05) is 58.3 Å². The predicted molar refractivity (Wildman–Crippen MR) is 138 cm³/mol. The first kappa shape index (κ1) is 23.1. The molecule has 1 aliphatic heterocycles. The summed E-state index contributed by atoms with van der Waals surface area (Å²) in [7, 11) is 0. The number of aromatic nitrogens is 3. The van der Waals surface area contributed by atoms with Crippen LogP contribution in [-0.4, -0.2) is 50.1 Å². The van der Waals surface area contributed by atoms with E-state index in [0.29, 0.717) is 12.0 Å². The van der Waals surface area contributed by atoms with Crippen LogP contribution in [0.4, 0.5) is 5.82 Å². The first-order valence-electron chi connectivity index (χ1n) is 12.3. The molecule has 1 atom stereocenters. The third-order valence-electron chi connectivity index (χ3n) is 6.73. The predicted octanol–water partition coefficient (Wildman–Crippen LogP) is 4.75. The summed E-state index contributed by atoms with van der Waals surface area (Å²) in [5.41, 5.74) is 4.47. The van der Waals surface area contributed by atoms with Crippen LogP contribution in [0, 0.1) is 0 Å². The molecule has 0 spiro atoms. The molecule has 7 heteroatoms. The zero-order valence-electron chi connectivity index (χ0n) is 20.0. The molecule has 2 N–H and O–H groups in total. The maximum absolute atomic E-state index is 13.3. The van der Waals surface area contributed by atoms with Crippen molar-refractivity contribution in [3.63, 3.8) is 0 Å². The molecule has 0 aliphatic carbocycles. The third-order valence-corrected chi connectivity index (χ3v) is 6.73. The van der Waals surface area contributed by atoms with E-state index in [0.717, 1.165) is 53.9 Å². The molecule has 3 heterocycles. The minimum Gasteiger partial charge on any atom is -0.396 e. The van der Waals surface area contributed by atoms with Gasteiger partial charge in [0.2, 0.25) is 0 Å². The number of hydrogen-bond donors (Lipinski definition) is 2. The number of nitrogens with one attached hydrogen (secondary N) is 1. The SMILES string of the molecule is CC(Nc1ncnc2ccc(-n3cc(CCO)c(C(=O)N4CCCCC4)c3)cc12)c1ccccc1. The Bertz CT molecular complexity index is 1310. The number of anilines is 1. The van der Waals surface area contributed by atoms with Crippen molar-refractivity contribution in [3.8, 4) is 5.69 Å². The molecular formula is C28H31N5O2. The first-order chi connectivity index (χ1) is 17.1. The van der Waals surface area contributed by atoms with Gasteiger partial charge in [0.25, 0.3) is 5.91 Å². The van der Waals surface area contributed by atoms with Gasteiger partial charge >= 0.3 is 0 Å². The van der Waals surface area contributed by atoms with Crippen LogP contribution in [0.3, 0.4) is 0 Å². The Morgan fingerprint density at radius 1 is 1.06 bits per heavy atom. The summed E-state index contributed by atoms with van der Waals surface area (Å²) in [5, 5.41) is 14.0. The zero-order valence-corrected chi connectivity index (χ0v) is 20.0. The topological polar surface area (TPSA) is 83.3 Å². The molecule has 2 aromatic heterocycles. The number of carbonyl (C=O) groups is 1. The van der Waals surface area contributed by atoms with E-state index in [2.05, 4.69) is 34.3 Å². The van der Waals surface area contributed by atoms with Gasteiger partial charge in [-0.25, -0.2) is 9.97 Å². The average Bonchev–Trinajstić information content (AvgIpc) is 3.33. The Kier molecular flexibility index (Phi) is 6.77. The molecule has 4 aromatic rings. The third kappa shape index (κ3) is 4.91. The molecule has 1 saturated heterocycles. The molecule has 2 aromatic carbocycles. The molecule has 0 radical (unpaired) electrons. The van der Waals surface area contributed by atoms with Gasteiger partial charge in [0.15, 0.2) is 0 Å². The van der Waals surface area contributed by atoms with Crippen LogP contribution in [0.15, 0.2) is 67.3 Å². The van der Waals surface area contributed by atoms with Gasteiger partial charge in [-0.3, -0.25) is 4.79 Å². The molecular weight excluding hydrogens is 438 g/mol. The molecule has 0 saturated carbocycles. The van der Waals surface area contributed by atoms with Gasteiger partial charge < -0.3 is 19.9 Å². The Balaban J connectivity index is 1.49. The fourth-order valence-corrected chi connectivity index (χ4v) is 4.78. The van der Waals surface area contributed by atoms with Crippen LogP contribution < -0.4 is 5.32 Å². The number of hydrogen-bond acceptors (Lipinski definition) is 5. The highest BCUT2D eigenvalue weighted by Gasteiger charge is 2.22. The lowest BCUT2D eigenvalue weighted by Gasteiger charge is -2.26. The number of nitrogens with zero attached hydrogens (tertiary/aromatic N) is 4. The first-order valence-corrected chi connectivity index (χ1v) is 12.3. The average molecular weight is 470 g/mol. The lowest BCUT2D eigenvalue weighted by atomic mass is 10.1. The van der Waals surface area contributed by atoms with Gasteiger partial charge in [-0.2, -0.15) is 0 Å². The lowest BCUT2D eigenvalue weighted by molar-refractivity contribution is 0.0723. The van der Waals surface area contributed by atoms with Gasteiger partial charge in [-0.15, -0.1) is 0 Å². The molecule has 7 nitrogen and oxygen atoms in total.